The number of benzene rings is 2. The Morgan fingerprint density at radius 3 is 2.29 bits per heavy atom. The van der Waals surface area contributed by atoms with E-state index in [2.05, 4.69) is 32.6 Å². The lowest BCUT2D eigenvalue weighted by atomic mass is 9.94. The van der Waals surface area contributed by atoms with Crippen LogP contribution in [0.15, 0.2) is 48.0 Å². The Morgan fingerprint density at radius 1 is 1.00 bits per heavy atom. The molecule has 1 aliphatic rings. The molecule has 1 unspecified atom stereocenters. The molecular formula is C31H42N2O5. The summed E-state index contributed by atoms with van der Waals surface area (Å²) in [6, 6.07) is 12.1. The van der Waals surface area contributed by atoms with Gasteiger partial charge in [-0.05, 0) is 57.0 Å². The predicted octanol–water partition coefficient (Wildman–Crippen LogP) is 5.58. The third-order valence-electron chi connectivity index (χ3n) is 6.95. The average molecular weight is 523 g/mol. The van der Waals surface area contributed by atoms with Crippen LogP contribution in [-0.4, -0.2) is 66.0 Å². The summed E-state index contributed by atoms with van der Waals surface area (Å²) in [7, 11) is 0. The van der Waals surface area contributed by atoms with Crippen molar-refractivity contribution in [3.63, 3.8) is 0 Å². The minimum Gasteiger partial charge on any atom is -0.507 e. The second-order valence-corrected chi connectivity index (χ2v) is 10.1. The van der Waals surface area contributed by atoms with Gasteiger partial charge in [-0.15, -0.1) is 0 Å². The Morgan fingerprint density at radius 2 is 1.68 bits per heavy atom. The molecule has 206 valence electrons. The van der Waals surface area contributed by atoms with E-state index in [1.54, 1.807) is 17.0 Å². The van der Waals surface area contributed by atoms with Gasteiger partial charge in [0.15, 0.2) is 11.5 Å². The van der Waals surface area contributed by atoms with Gasteiger partial charge in [-0.2, -0.15) is 0 Å². The van der Waals surface area contributed by atoms with E-state index in [0.717, 1.165) is 25.1 Å². The lowest BCUT2D eigenvalue weighted by Crippen LogP contribution is -2.38. The van der Waals surface area contributed by atoms with Gasteiger partial charge in [0.2, 0.25) is 0 Å². The molecule has 7 heteroatoms. The first kappa shape index (κ1) is 29.2. The fraction of sp³-hybridized carbons (Fsp3) is 0.484. The number of aliphatic hydroxyl groups excluding tert-OH is 1. The molecule has 1 saturated heterocycles. The topological polar surface area (TPSA) is 79.3 Å². The Balaban J connectivity index is 2.09. The highest BCUT2D eigenvalue weighted by Gasteiger charge is 2.46. The van der Waals surface area contributed by atoms with Crippen LogP contribution in [0.2, 0.25) is 0 Å². The minimum absolute atomic E-state index is 0.0920. The number of amides is 1. The number of hydrogen-bond acceptors (Lipinski definition) is 6. The van der Waals surface area contributed by atoms with Gasteiger partial charge in [-0.3, -0.25) is 9.59 Å². The van der Waals surface area contributed by atoms with E-state index in [0.29, 0.717) is 54.8 Å². The lowest BCUT2D eigenvalue weighted by Gasteiger charge is -2.28. The summed E-state index contributed by atoms with van der Waals surface area (Å²) in [4.78, 5) is 30.5. The quantitative estimate of drug-likeness (QED) is 0.210. The highest BCUT2D eigenvalue weighted by atomic mass is 16.5. The molecule has 1 aliphatic heterocycles. The Bertz CT molecular complexity index is 1140. The second-order valence-electron chi connectivity index (χ2n) is 10.1. The van der Waals surface area contributed by atoms with E-state index in [1.807, 2.05) is 44.2 Å². The Hall–Kier alpha value is -3.32. The van der Waals surface area contributed by atoms with Gasteiger partial charge in [-0.25, -0.2) is 0 Å². The SMILES string of the molecule is CCOc1cc(C2/C(=C(\O)c3ccc(C)cc3)C(=O)C(=O)N2CCN(CC)CC)ccc1OCCC(C)C. The monoisotopic (exact) mass is 522 g/mol. The molecule has 0 saturated carbocycles. The number of aryl methyl sites for hydroxylation is 1. The summed E-state index contributed by atoms with van der Waals surface area (Å²) in [5.41, 5.74) is 2.32. The first-order chi connectivity index (χ1) is 18.2. The molecule has 7 nitrogen and oxygen atoms in total. The first-order valence-electron chi connectivity index (χ1n) is 13.7. The maximum absolute atomic E-state index is 13.4. The minimum atomic E-state index is -0.740. The number of Topliss-reactive ketones (excluding diaryl/α,β-unsaturated/α-hetero) is 1. The molecule has 2 aromatic carbocycles. The number of rotatable bonds is 13. The molecule has 2 aromatic rings. The smallest absolute Gasteiger partial charge is 0.295 e. The summed E-state index contributed by atoms with van der Waals surface area (Å²) in [6.45, 7) is 15.9. The van der Waals surface area contributed by atoms with Crippen LogP contribution in [0, 0.1) is 12.8 Å². The van der Waals surface area contributed by atoms with Crippen LogP contribution in [0.5, 0.6) is 11.5 Å². The van der Waals surface area contributed by atoms with Gasteiger partial charge in [-0.1, -0.05) is 63.6 Å². The summed E-state index contributed by atoms with van der Waals surface area (Å²) in [5, 5.41) is 11.3. The summed E-state index contributed by atoms with van der Waals surface area (Å²) >= 11 is 0. The maximum Gasteiger partial charge on any atom is 0.295 e. The molecular weight excluding hydrogens is 480 g/mol. The van der Waals surface area contributed by atoms with Crippen molar-refractivity contribution in [2.75, 3.05) is 39.4 Å². The molecule has 1 amide bonds. The first-order valence-corrected chi connectivity index (χ1v) is 13.7. The van der Waals surface area contributed by atoms with Crippen LogP contribution in [-0.2, 0) is 9.59 Å². The van der Waals surface area contributed by atoms with Gasteiger partial charge in [0.05, 0.1) is 24.8 Å². The summed E-state index contributed by atoms with van der Waals surface area (Å²) in [6.07, 6.45) is 0.912. The Labute approximate surface area is 227 Å². The van der Waals surface area contributed by atoms with E-state index in [-0.39, 0.29) is 11.3 Å². The van der Waals surface area contributed by atoms with E-state index in [4.69, 9.17) is 9.47 Å². The van der Waals surface area contributed by atoms with Crippen molar-refractivity contribution in [2.24, 2.45) is 5.92 Å². The third-order valence-corrected chi connectivity index (χ3v) is 6.95. The largest absolute Gasteiger partial charge is 0.507 e. The Kier molecular flexibility index (Phi) is 10.4. The highest BCUT2D eigenvalue weighted by molar-refractivity contribution is 6.46. The molecule has 1 fully saturated rings. The van der Waals surface area contributed by atoms with Crippen LogP contribution in [0.25, 0.3) is 5.76 Å². The molecule has 0 spiro atoms. The van der Waals surface area contributed by atoms with Crippen molar-refractivity contribution in [3.05, 3.63) is 64.7 Å². The van der Waals surface area contributed by atoms with E-state index >= 15 is 0 Å². The van der Waals surface area contributed by atoms with E-state index < -0.39 is 17.7 Å². The molecule has 3 rings (SSSR count). The van der Waals surface area contributed by atoms with Gasteiger partial charge < -0.3 is 24.4 Å². The fourth-order valence-corrected chi connectivity index (χ4v) is 4.60. The molecule has 0 radical (unpaired) electrons. The standard InChI is InChI=1S/C31H42N2O5/c1-7-32(8-2)17-18-33-28(24-14-15-25(26(20-24)37-9-3)38-19-16-21(4)5)27(30(35)31(33)36)29(34)23-12-10-22(6)11-13-23/h10-15,20-21,28,34H,7-9,16-19H2,1-6H3/b29-27+. The van der Waals surface area contributed by atoms with Gasteiger partial charge in [0, 0.05) is 18.7 Å². The molecule has 0 bridgehead atoms. The molecule has 1 heterocycles. The van der Waals surface area contributed by atoms with E-state index in [1.165, 1.54) is 0 Å². The number of nitrogens with zero attached hydrogens (tertiary/aromatic N) is 2. The second kappa shape index (κ2) is 13.5. The van der Waals surface area contributed by atoms with Crippen molar-refractivity contribution in [3.8, 4) is 11.5 Å². The van der Waals surface area contributed by atoms with Gasteiger partial charge >= 0.3 is 0 Å². The van der Waals surface area contributed by atoms with E-state index in [9.17, 15) is 14.7 Å². The predicted molar refractivity (Wildman–Crippen MR) is 151 cm³/mol. The van der Waals surface area contributed by atoms with Crippen molar-refractivity contribution in [1.29, 1.82) is 0 Å². The van der Waals surface area contributed by atoms with Crippen LogP contribution >= 0.6 is 0 Å². The van der Waals surface area contributed by atoms with Crippen LogP contribution < -0.4 is 9.47 Å². The molecule has 0 aliphatic carbocycles. The number of likely N-dealkylation sites (N-methyl/N-ethyl adjacent to an activating group) is 1. The zero-order chi connectivity index (χ0) is 27.8. The zero-order valence-electron chi connectivity index (χ0n) is 23.6. The summed E-state index contributed by atoms with van der Waals surface area (Å²) in [5.74, 6) is 0.230. The van der Waals surface area contributed by atoms with Crippen molar-refractivity contribution in [1.82, 2.24) is 9.80 Å². The molecule has 1 N–H and O–H groups in total. The molecule has 38 heavy (non-hydrogen) atoms. The van der Waals surface area contributed by atoms with Gasteiger partial charge in [0.25, 0.3) is 11.7 Å². The average Bonchev–Trinajstić information content (AvgIpc) is 3.15. The van der Waals surface area contributed by atoms with Crippen molar-refractivity contribution < 1.29 is 24.2 Å². The normalized spacial score (nSPS) is 17.1. The maximum atomic E-state index is 13.4. The molecule has 1 atom stereocenters. The number of carbonyl (C=O) groups excluding carboxylic acids is 2. The molecule has 0 aromatic heterocycles. The van der Waals surface area contributed by atoms with Crippen molar-refractivity contribution in [2.45, 2.75) is 54.0 Å². The number of aliphatic hydroxyl groups is 1. The van der Waals surface area contributed by atoms with Crippen LogP contribution in [0.4, 0.5) is 0 Å². The van der Waals surface area contributed by atoms with Crippen molar-refractivity contribution >= 4 is 17.4 Å². The number of hydrogen-bond donors (Lipinski definition) is 1. The fourth-order valence-electron chi connectivity index (χ4n) is 4.60. The number of ether oxygens (including phenoxy) is 2. The zero-order valence-corrected chi connectivity index (χ0v) is 23.6. The number of likely N-dealkylation sites (tertiary alicyclic amines) is 1. The number of carbonyl (C=O) groups is 2. The third kappa shape index (κ3) is 6.76. The summed E-state index contributed by atoms with van der Waals surface area (Å²) < 4.78 is 11.9. The van der Waals surface area contributed by atoms with Crippen LogP contribution in [0.1, 0.15) is 63.8 Å². The lowest BCUT2D eigenvalue weighted by molar-refractivity contribution is -0.140. The highest BCUT2D eigenvalue weighted by Crippen LogP contribution is 2.42. The number of ketones is 1. The van der Waals surface area contributed by atoms with Crippen LogP contribution in [0.3, 0.4) is 0 Å². The van der Waals surface area contributed by atoms with Gasteiger partial charge in [0.1, 0.15) is 5.76 Å².